The summed E-state index contributed by atoms with van der Waals surface area (Å²) in [4.78, 5) is 11.7. The van der Waals surface area contributed by atoms with Crippen LogP contribution in [0.3, 0.4) is 0 Å². The number of anilines is 1. The van der Waals surface area contributed by atoms with E-state index in [0.29, 0.717) is 13.2 Å². The molecule has 1 aliphatic carbocycles. The Morgan fingerprint density at radius 1 is 1.33 bits per heavy atom. The Morgan fingerprint density at radius 3 is 2.50 bits per heavy atom. The van der Waals surface area contributed by atoms with E-state index in [0.717, 1.165) is 24.3 Å². The number of amides is 1. The monoisotopic (exact) mass is 270 g/mol. The molecule has 0 atom stereocenters. The largest absolute Gasteiger partial charge is 0.492 e. The first kappa shape index (κ1) is 14.8. The normalized spacial score (nSPS) is 14.3. The van der Waals surface area contributed by atoms with E-state index >= 15 is 0 Å². The molecule has 5 heteroatoms. The Labute approximate surface area is 113 Å². The fraction of sp³-hybridized carbons (Fsp3) is 0.462. The Bertz CT molecular complexity index is 377. The zero-order chi connectivity index (χ0) is 12.1. The van der Waals surface area contributed by atoms with Gasteiger partial charge in [0.15, 0.2) is 0 Å². The molecule has 3 N–H and O–H groups in total. The van der Waals surface area contributed by atoms with Gasteiger partial charge in [-0.3, -0.25) is 4.79 Å². The average Bonchev–Trinajstić information content (AvgIpc) is 2.26. The first-order valence-corrected chi connectivity index (χ1v) is 6.03. The van der Waals surface area contributed by atoms with Gasteiger partial charge in [-0.15, -0.1) is 12.4 Å². The topological polar surface area (TPSA) is 64.3 Å². The molecule has 0 aromatic heterocycles. The van der Waals surface area contributed by atoms with Gasteiger partial charge >= 0.3 is 0 Å². The van der Waals surface area contributed by atoms with Crippen LogP contribution in [-0.4, -0.2) is 19.1 Å². The molecule has 0 radical (unpaired) electrons. The van der Waals surface area contributed by atoms with Gasteiger partial charge in [0.2, 0.25) is 5.91 Å². The summed E-state index contributed by atoms with van der Waals surface area (Å²) in [6.45, 7) is 1.01. The van der Waals surface area contributed by atoms with Gasteiger partial charge in [-0.2, -0.15) is 0 Å². The van der Waals surface area contributed by atoms with Crippen molar-refractivity contribution < 1.29 is 9.53 Å². The van der Waals surface area contributed by atoms with Crippen LogP contribution < -0.4 is 15.8 Å². The number of nitrogens with one attached hydrogen (secondary N) is 1. The highest BCUT2D eigenvalue weighted by molar-refractivity contribution is 5.93. The third-order valence-electron chi connectivity index (χ3n) is 2.98. The first-order valence-electron chi connectivity index (χ1n) is 6.03. The van der Waals surface area contributed by atoms with Crippen molar-refractivity contribution >= 4 is 24.0 Å². The van der Waals surface area contributed by atoms with Gasteiger partial charge < -0.3 is 15.8 Å². The zero-order valence-electron chi connectivity index (χ0n) is 10.2. The molecule has 1 aromatic carbocycles. The molecule has 0 saturated heterocycles. The molecule has 0 unspecified atom stereocenters. The van der Waals surface area contributed by atoms with E-state index in [-0.39, 0.29) is 24.2 Å². The van der Waals surface area contributed by atoms with Crippen LogP contribution in [0.4, 0.5) is 5.69 Å². The number of benzene rings is 1. The molecule has 0 spiro atoms. The number of nitrogens with two attached hydrogens (primary N) is 1. The van der Waals surface area contributed by atoms with Crippen LogP contribution in [0.5, 0.6) is 5.75 Å². The van der Waals surface area contributed by atoms with Gasteiger partial charge in [-0.05, 0) is 37.1 Å². The Hall–Kier alpha value is -1.26. The third kappa shape index (κ3) is 3.89. The van der Waals surface area contributed by atoms with E-state index in [4.69, 9.17) is 10.5 Å². The zero-order valence-corrected chi connectivity index (χ0v) is 11.0. The summed E-state index contributed by atoms with van der Waals surface area (Å²) in [5.74, 6) is 1.12. The quantitative estimate of drug-likeness (QED) is 0.862. The number of ether oxygens (including phenoxy) is 1. The van der Waals surface area contributed by atoms with Crippen LogP contribution in [0.15, 0.2) is 24.3 Å². The van der Waals surface area contributed by atoms with Gasteiger partial charge in [0.05, 0.1) is 0 Å². The smallest absolute Gasteiger partial charge is 0.227 e. The second-order valence-electron chi connectivity index (χ2n) is 4.28. The van der Waals surface area contributed by atoms with Crippen LogP contribution in [0, 0.1) is 5.92 Å². The number of carbonyl (C=O) groups excluding carboxylic acids is 1. The molecule has 100 valence electrons. The van der Waals surface area contributed by atoms with E-state index in [9.17, 15) is 4.79 Å². The summed E-state index contributed by atoms with van der Waals surface area (Å²) in [6.07, 6.45) is 3.21. The highest BCUT2D eigenvalue weighted by Gasteiger charge is 2.24. The summed E-state index contributed by atoms with van der Waals surface area (Å²) < 4.78 is 5.36. The van der Waals surface area contributed by atoms with Crippen molar-refractivity contribution in [1.82, 2.24) is 0 Å². The Balaban J connectivity index is 0.00000162. The fourth-order valence-corrected chi connectivity index (χ4v) is 1.73. The van der Waals surface area contributed by atoms with E-state index in [1.807, 2.05) is 24.3 Å². The summed E-state index contributed by atoms with van der Waals surface area (Å²) in [5.41, 5.74) is 6.17. The number of carbonyl (C=O) groups is 1. The van der Waals surface area contributed by atoms with Gasteiger partial charge in [-0.1, -0.05) is 6.42 Å². The standard InChI is InChI=1S/C13H18N2O2.ClH/c14-8-9-17-12-6-4-11(5-7-12)15-13(16)10-2-1-3-10;/h4-7,10H,1-3,8-9,14H2,(H,15,16);1H. The van der Waals surface area contributed by atoms with Crippen LogP contribution in [0.2, 0.25) is 0 Å². The maximum atomic E-state index is 11.7. The molecule has 4 nitrogen and oxygen atoms in total. The predicted octanol–water partition coefficient (Wildman–Crippen LogP) is 2.18. The molecule has 1 amide bonds. The predicted molar refractivity (Wildman–Crippen MR) is 74.2 cm³/mol. The first-order chi connectivity index (χ1) is 8.29. The maximum Gasteiger partial charge on any atom is 0.227 e. The average molecular weight is 271 g/mol. The summed E-state index contributed by atoms with van der Waals surface area (Å²) in [7, 11) is 0. The number of halogens is 1. The number of hydrogen-bond acceptors (Lipinski definition) is 3. The van der Waals surface area contributed by atoms with Crippen molar-refractivity contribution in [3.63, 3.8) is 0 Å². The minimum atomic E-state index is 0. The van der Waals surface area contributed by atoms with Crippen LogP contribution in [0.25, 0.3) is 0 Å². The molecule has 1 aromatic rings. The number of rotatable bonds is 5. The van der Waals surface area contributed by atoms with Crippen molar-refractivity contribution in [2.75, 3.05) is 18.5 Å². The highest BCUT2D eigenvalue weighted by Crippen LogP contribution is 2.27. The molecule has 1 saturated carbocycles. The van der Waals surface area contributed by atoms with E-state index in [2.05, 4.69) is 5.32 Å². The van der Waals surface area contributed by atoms with Crippen molar-refractivity contribution in [3.8, 4) is 5.75 Å². The maximum absolute atomic E-state index is 11.7. The highest BCUT2D eigenvalue weighted by atomic mass is 35.5. The van der Waals surface area contributed by atoms with E-state index in [1.165, 1.54) is 6.42 Å². The molecule has 18 heavy (non-hydrogen) atoms. The van der Waals surface area contributed by atoms with Gasteiger partial charge in [0.1, 0.15) is 12.4 Å². The Kier molecular flexibility index (Phi) is 5.95. The Morgan fingerprint density at radius 2 is 2.00 bits per heavy atom. The van der Waals surface area contributed by atoms with E-state index in [1.54, 1.807) is 0 Å². The molecule has 1 aliphatic rings. The van der Waals surface area contributed by atoms with Crippen LogP contribution in [0.1, 0.15) is 19.3 Å². The second-order valence-corrected chi connectivity index (χ2v) is 4.28. The van der Waals surface area contributed by atoms with E-state index < -0.39 is 0 Å². The minimum Gasteiger partial charge on any atom is -0.492 e. The fourth-order valence-electron chi connectivity index (χ4n) is 1.73. The molecular weight excluding hydrogens is 252 g/mol. The lowest BCUT2D eigenvalue weighted by Crippen LogP contribution is -2.27. The second kappa shape index (κ2) is 7.24. The molecule has 1 fully saturated rings. The number of hydrogen-bond donors (Lipinski definition) is 2. The molecule has 0 bridgehead atoms. The lowest BCUT2D eigenvalue weighted by molar-refractivity contribution is -0.122. The van der Waals surface area contributed by atoms with Crippen LogP contribution in [-0.2, 0) is 4.79 Å². The molecule has 2 rings (SSSR count). The van der Waals surface area contributed by atoms with Gasteiger partial charge in [0.25, 0.3) is 0 Å². The lowest BCUT2D eigenvalue weighted by Gasteiger charge is -2.24. The summed E-state index contributed by atoms with van der Waals surface area (Å²) in [5, 5.41) is 2.91. The molecular formula is C13H19ClN2O2. The van der Waals surface area contributed by atoms with Crippen molar-refractivity contribution in [2.24, 2.45) is 11.7 Å². The van der Waals surface area contributed by atoms with Crippen molar-refractivity contribution in [1.29, 1.82) is 0 Å². The summed E-state index contributed by atoms with van der Waals surface area (Å²) in [6, 6.07) is 7.38. The third-order valence-corrected chi connectivity index (χ3v) is 2.98. The summed E-state index contributed by atoms with van der Waals surface area (Å²) >= 11 is 0. The van der Waals surface area contributed by atoms with Crippen LogP contribution >= 0.6 is 12.4 Å². The molecule has 0 heterocycles. The van der Waals surface area contributed by atoms with Gasteiger partial charge in [0, 0.05) is 18.2 Å². The van der Waals surface area contributed by atoms with Crippen molar-refractivity contribution in [3.05, 3.63) is 24.3 Å². The SMILES string of the molecule is Cl.NCCOc1ccc(NC(=O)C2CCC2)cc1. The molecule has 0 aliphatic heterocycles. The van der Waals surface area contributed by atoms with Crippen molar-refractivity contribution in [2.45, 2.75) is 19.3 Å². The van der Waals surface area contributed by atoms with Gasteiger partial charge in [-0.25, -0.2) is 0 Å². The lowest BCUT2D eigenvalue weighted by atomic mass is 9.85. The minimum absolute atomic E-state index is 0.